The van der Waals surface area contributed by atoms with Crippen molar-refractivity contribution in [3.8, 4) is 0 Å². The van der Waals surface area contributed by atoms with E-state index in [2.05, 4.69) is 5.32 Å². The van der Waals surface area contributed by atoms with Crippen molar-refractivity contribution in [3.63, 3.8) is 0 Å². The Balaban J connectivity index is 1.75. The normalized spacial score (nSPS) is 10.8. The SMILES string of the molecule is Cc1ccc(NC(=O)N(CC(=O)N(Cc2ccccc2)Cc2cccs2)C(C)C)c(C)c1. The number of aryl methyl sites for hydroxylation is 2. The monoisotopic (exact) mass is 449 g/mol. The van der Waals surface area contributed by atoms with Crippen LogP contribution in [0.15, 0.2) is 66.0 Å². The molecule has 0 aliphatic heterocycles. The third-order valence-electron chi connectivity index (χ3n) is 5.31. The first-order chi connectivity index (χ1) is 15.3. The third-order valence-corrected chi connectivity index (χ3v) is 6.17. The van der Waals surface area contributed by atoms with E-state index in [0.717, 1.165) is 27.3 Å². The van der Waals surface area contributed by atoms with Gasteiger partial charge in [0.25, 0.3) is 0 Å². The summed E-state index contributed by atoms with van der Waals surface area (Å²) in [7, 11) is 0. The van der Waals surface area contributed by atoms with Crippen molar-refractivity contribution < 1.29 is 9.59 Å². The molecular formula is C26H31N3O2S. The van der Waals surface area contributed by atoms with Crippen molar-refractivity contribution in [2.75, 3.05) is 11.9 Å². The van der Waals surface area contributed by atoms with Gasteiger partial charge in [0.15, 0.2) is 0 Å². The molecule has 3 aromatic rings. The van der Waals surface area contributed by atoms with E-state index in [0.29, 0.717) is 13.1 Å². The van der Waals surface area contributed by atoms with Crippen molar-refractivity contribution in [1.29, 1.82) is 0 Å². The number of thiophene rings is 1. The summed E-state index contributed by atoms with van der Waals surface area (Å²) in [5.74, 6) is -0.0771. The molecule has 0 unspecified atom stereocenters. The Morgan fingerprint density at radius 2 is 1.72 bits per heavy atom. The molecule has 3 amide bonds. The quantitative estimate of drug-likeness (QED) is 0.470. The van der Waals surface area contributed by atoms with Gasteiger partial charge < -0.3 is 15.1 Å². The molecule has 0 saturated heterocycles. The van der Waals surface area contributed by atoms with Gasteiger partial charge in [0.05, 0.1) is 6.54 Å². The maximum absolute atomic E-state index is 13.4. The van der Waals surface area contributed by atoms with E-state index < -0.39 is 0 Å². The smallest absolute Gasteiger partial charge is 0.322 e. The van der Waals surface area contributed by atoms with Gasteiger partial charge in [0.2, 0.25) is 5.91 Å². The molecule has 0 aliphatic carbocycles. The van der Waals surface area contributed by atoms with Gasteiger partial charge >= 0.3 is 6.03 Å². The van der Waals surface area contributed by atoms with Crippen LogP contribution in [0.4, 0.5) is 10.5 Å². The average Bonchev–Trinajstić information content (AvgIpc) is 3.27. The zero-order valence-corrected chi connectivity index (χ0v) is 20.0. The van der Waals surface area contributed by atoms with Gasteiger partial charge in [-0.25, -0.2) is 4.79 Å². The number of anilines is 1. The Labute approximate surface area is 194 Å². The highest BCUT2D eigenvalue weighted by Gasteiger charge is 2.24. The minimum Gasteiger partial charge on any atom is -0.332 e. The topological polar surface area (TPSA) is 52.7 Å². The van der Waals surface area contributed by atoms with Crippen LogP contribution in [0.25, 0.3) is 0 Å². The summed E-state index contributed by atoms with van der Waals surface area (Å²) in [6, 6.07) is 19.5. The van der Waals surface area contributed by atoms with Crippen molar-refractivity contribution in [2.24, 2.45) is 0 Å². The Bertz CT molecular complexity index is 1030. The summed E-state index contributed by atoms with van der Waals surface area (Å²) in [5, 5.41) is 4.99. The molecular weight excluding hydrogens is 418 g/mol. The predicted octanol–water partition coefficient (Wildman–Crippen LogP) is 5.84. The number of urea groups is 1. The summed E-state index contributed by atoms with van der Waals surface area (Å²) in [4.78, 5) is 31.0. The molecule has 168 valence electrons. The number of carbonyl (C=O) groups is 2. The highest BCUT2D eigenvalue weighted by atomic mass is 32.1. The summed E-state index contributed by atoms with van der Waals surface area (Å²) >= 11 is 1.63. The van der Waals surface area contributed by atoms with Crippen molar-refractivity contribution in [3.05, 3.63) is 87.6 Å². The molecule has 0 radical (unpaired) electrons. The lowest BCUT2D eigenvalue weighted by Gasteiger charge is -2.30. The number of benzene rings is 2. The van der Waals surface area contributed by atoms with Crippen molar-refractivity contribution in [1.82, 2.24) is 9.80 Å². The summed E-state index contributed by atoms with van der Waals surface area (Å²) < 4.78 is 0. The molecule has 6 heteroatoms. The van der Waals surface area contributed by atoms with Crippen LogP contribution >= 0.6 is 11.3 Å². The molecule has 0 atom stereocenters. The Hall–Kier alpha value is -3.12. The molecule has 3 rings (SSSR count). The molecule has 32 heavy (non-hydrogen) atoms. The van der Waals surface area contributed by atoms with E-state index in [1.807, 2.05) is 98.6 Å². The number of nitrogens with zero attached hydrogens (tertiary/aromatic N) is 2. The maximum Gasteiger partial charge on any atom is 0.322 e. The van der Waals surface area contributed by atoms with Crippen LogP contribution in [0, 0.1) is 13.8 Å². The fourth-order valence-electron chi connectivity index (χ4n) is 3.50. The number of rotatable bonds is 8. The highest BCUT2D eigenvalue weighted by molar-refractivity contribution is 7.09. The molecule has 5 nitrogen and oxygen atoms in total. The standard InChI is InChI=1S/C26H31N3O2S/c1-19(2)29(26(31)27-24-13-12-20(3)15-21(24)4)18-25(30)28(17-23-11-8-14-32-23)16-22-9-6-5-7-10-22/h5-15,19H,16-18H2,1-4H3,(H,27,31). The van der Waals surface area contributed by atoms with E-state index >= 15 is 0 Å². The molecule has 0 aliphatic rings. The minimum atomic E-state index is -0.268. The highest BCUT2D eigenvalue weighted by Crippen LogP contribution is 2.18. The number of amides is 3. The van der Waals surface area contributed by atoms with Crippen LogP contribution in [0.5, 0.6) is 0 Å². The summed E-state index contributed by atoms with van der Waals surface area (Å²) in [5.41, 5.74) is 3.96. The number of hydrogen-bond acceptors (Lipinski definition) is 3. The van der Waals surface area contributed by atoms with Crippen LogP contribution in [-0.2, 0) is 17.9 Å². The van der Waals surface area contributed by atoms with Gasteiger partial charge in [-0.2, -0.15) is 0 Å². The van der Waals surface area contributed by atoms with Gasteiger partial charge in [-0.3, -0.25) is 4.79 Å². The van der Waals surface area contributed by atoms with Gasteiger partial charge in [-0.05, 0) is 56.3 Å². The summed E-state index contributed by atoms with van der Waals surface area (Å²) in [6.45, 7) is 8.89. The first kappa shape index (κ1) is 23.5. The average molecular weight is 450 g/mol. The fraction of sp³-hybridized carbons (Fsp3) is 0.308. The van der Waals surface area contributed by atoms with Gasteiger partial charge in [-0.15, -0.1) is 11.3 Å². The zero-order valence-electron chi connectivity index (χ0n) is 19.2. The molecule has 0 spiro atoms. The van der Waals surface area contributed by atoms with Crippen molar-refractivity contribution >= 4 is 29.0 Å². The molecule has 1 aromatic heterocycles. The first-order valence-electron chi connectivity index (χ1n) is 10.8. The van der Waals surface area contributed by atoms with Crippen LogP contribution in [0.2, 0.25) is 0 Å². The second kappa shape index (κ2) is 11.0. The Morgan fingerprint density at radius 3 is 2.34 bits per heavy atom. The Morgan fingerprint density at radius 1 is 0.969 bits per heavy atom. The maximum atomic E-state index is 13.4. The second-order valence-electron chi connectivity index (χ2n) is 8.28. The van der Waals surface area contributed by atoms with Crippen molar-refractivity contribution in [2.45, 2.75) is 46.8 Å². The zero-order chi connectivity index (χ0) is 23.1. The lowest BCUT2D eigenvalue weighted by molar-refractivity contribution is -0.133. The van der Waals surface area contributed by atoms with E-state index in [9.17, 15) is 9.59 Å². The van der Waals surface area contributed by atoms with Crippen LogP contribution < -0.4 is 5.32 Å². The number of hydrogen-bond donors (Lipinski definition) is 1. The molecule has 1 N–H and O–H groups in total. The number of nitrogens with one attached hydrogen (secondary N) is 1. The van der Waals surface area contributed by atoms with Crippen LogP contribution in [0.3, 0.4) is 0 Å². The predicted molar refractivity (Wildman–Crippen MR) is 132 cm³/mol. The van der Waals surface area contributed by atoms with Gasteiger partial charge in [0, 0.05) is 23.2 Å². The van der Waals surface area contributed by atoms with E-state index in [1.165, 1.54) is 0 Å². The molecule has 0 saturated carbocycles. The lowest BCUT2D eigenvalue weighted by Crippen LogP contribution is -2.47. The second-order valence-corrected chi connectivity index (χ2v) is 9.32. The van der Waals surface area contributed by atoms with E-state index in [-0.39, 0.29) is 24.5 Å². The van der Waals surface area contributed by atoms with E-state index in [1.54, 1.807) is 16.2 Å². The first-order valence-corrected chi connectivity index (χ1v) is 11.7. The van der Waals surface area contributed by atoms with Gasteiger partial charge in [-0.1, -0.05) is 54.1 Å². The van der Waals surface area contributed by atoms with E-state index in [4.69, 9.17) is 0 Å². The lowest BCUT2D eigenvalue weighted by atomic mass is 10.1. The van der Waals surface area contributed by atoms with Crippen LogP contribution in [-0.4, -0.2) is 34.3 Å². The minimum absolute atomic E-state index is 0.0205. The van der Waals surface area contributed by atoms with Gasteiger partial charge in [0.1, 0.15) is 6.54 Å². The molecule has 0 fully saturated rings. The number of carbonyl (C=O) groups excluding carboxylic acids is 2. The van der Waals surface area contributed by atoms with Crippen LogP contribution in [0.1, 0.15) is 35.4 Å². The molecule has 2 aromatic carbocycles. The Kier molecular flexibility index (Phi) is 8.06. The third kappa shape index (κ3) is 6.44. The largest absolute Gasteiger partial charge is 0.332 e. The summed E-state index contributed by atoms with van der Waals surface area (Å²) in [6.07, 6.45) is 0. The molecule has 0 bridgehead atoms. The molecule has 1 heterocycles. The fourth-order valence-corrected chi connectivity index (χ4v) is 4.22.